The van der Waals surface area contributed by atoms with Gasteiger partial charge in [-0.25, -0.2) is 9.82 Å². The minimum atomic E-state index is -0.201. The summed E-state index contributed by atoms with van der Waals surface area (Å²) < 4.78 is 13.3. The molecule has 0 aliphatic carbocycles. The van der Waals surface area contributed by atoms with Gasteiger partial charge in [-0.05, 0) is 28.8 Å². The topological polar surface area (TPSA) is 36.1 Å². The number of halogens is 1. The normalized spacial score (nSPS) is 19.5. The van der Waals surface area contributed by atoms with E-state index in [4.69, 9.17) is 0 Å². The van der Waals surface area contributed by atoms with Crippen LogP contribution in [0.2, 0.25) is 0 Å². The molecule has 1 aliphatic rings. The average Bonchev–Trinajstić information content (AvgIpc) is 3.19. The SMILES string of the molecule is Fc1ccc(C2NNCC2CNC(c2ccccc2)c2ccccc2)cc1. The molecule has 3 N–H and O–H groups in total. The number of hydrogen-bond acceptors (Lipinski definition) is 3. The number of rotatable bonds is 6. The van der Waals surface area contributed by atoms with Gasteiger partial charge in [0.25, 0.3) is 0 Å². The van der Waals surface area contributed by atoms with Gasteiger partial charge in [0.1, 0.15) is 5.82 Å². The van der Waals surface area contributed by atoms with E-state index in [1.807, 2.05) is 24.3 Å². The van der Waals surface area contributed by atoms with Crippen molar-refractivity contribution in [2.75, 3.05) is 13.1 Å². The van der Waals surface area contributed by atoms with Crippen molar-refractivity contribution < 1.29 is 4.39 Å². The van der Waals surface area contributed by atoms with E-state index in [2.05, 4.69) is 64.7 Å². The summed E-state index contributed by atoms with van der Waals surface area (Å²) in [4.78, 5) is 0. The molecule has 1 aliphatic heterocycles. The highest BCUT2D eigenvalue weighted by atomic mass is 19.1. The predicted molar refractivity (Wildman–Crippen MR) is 106 cm³/mol. The van der Waals surface area contributed by atoms with Crippen molar-refractivity contribution in [3.63, 3.8) is 0 Å². The lowest BCUT2D eigenvalue weighted by molar-refractivity contribution is 0.425. The summed E-state index contributed by atoms with van der Waals surface area (Å²) in [5.74, 6) is 0.165. The molecule has 138 valence electrons. The first-order chi connectivity index (χ1) is 13.3. The van der Waals surface area contributed by atoms with E-state index in [1.165, 1.54) is 23.3 Å². The molecule has 0 radical (unpaired) electrons. The van der Waals surface area contributed by atoms with Crippen molar-refractivity contribution in [2.24, 2.45) is 5.92 Å². The lowest BCUT2D eigenvalue weighted by Gasteiger charge is -2.24. The van der Waals surface area contributed by atoms with Gasteiger partial charge in [0, 0.05) is 19.0 Å². The van der Waals surface area contributed by atoms with E-state index in [1.54, 1.807) is 0 Å². The zero-order chi connectivity index (χ0) is 18.5. The van der Waals surface area contributed by atoms with E-state index >= 15 is 0 Å². The van der Waals surface area contributed by atoms with Crippen molar-refractivity contribution in [1.29, 1.82) is 0 Å². The molecular formula is C23H24FN3. The molecule has 4 rings (SSSR count). The molecule has 3 aromatic carbocycles. The third-order valence-corrected chi connectivity index (χ3v) is 5.17. The first-order valence-corrected chi connectivity index (χ1v) is 9.38. The van der Waals surface area contributed by atoms with Crippen LogP contribution < -0.4 is 16.2 Å². The fourth-order valence-electron chi connectivity index (χ4n) is 3.74. The molecule has 0 amide bonds. The number of hydrogen-bond donors (Lipinski definition) is 3. The van der Waals surface area contributed by atoms with Crippen molar-refractivity contribution in [1.82, 2.24) is 16.2 Å². The molecule has 2 atom stereocenters. The van der Waals surface area contributed by atoms with Crippen LogP contribution in [0.25, 0.3) is 0 Å². The van der Waals surface area contributed by atoms with E-state index in [0.717, 1.165) is 18.7 Å². The molecule has 1 saturated heterocycles. The lowest BCUT2D eigenvalue weighted by Crippen LogP contribution is -2.32. The fraction of sp³-hybridized carbons (Fsp3) is 0.217. The summed E-state index contributed by atoms with van der Waals surface area (Å²) >= 11 is 0. The van der Waals surface area contributed by atoms with Crippen LogP contribution in [-0.4, -0.2) is 13.1 Å². The van der Waals surface area contributed by atoms with Gasteiger partial charge in [-0.3, -0.25) is 5.43 Å². The van der Waals surface area contributed by atoms with Crippen LogP contribution >= 0.6 is 0 Å². The molecule has 1 heterocycles. The summed E-state index contributed by atoms with van der Waals surface area (Å²) in [6.07, 6.45) is 0. The van der Waals surface area contributed by atoms with Gasteiger partial charge in [0.15, 0.2) is 0 Å². The van der Waals surface area contributed by atoms with Crippen molar-refractivity contribution >= 4 is 0 Å². The molecule has 3 nitrogen and oxygen atoms in total. The monoisotopic (exact) mass is 361 g/mol. The third-order valence-electron chi connectivity index (χ3n) is 5.17. The molecule has 0 spiro atoms. The van der Waals surface area contributed by atoms with Gasteiger partial charge in [-0.2, -0.15) is 0 Å². The van der Waals surface area contributed by atoms with Gasteiger partial charge < -0.3 is 5.32 Å². The van der Waals surface area contributed by atoms with Gasteiger partial charge >= 0.3 is 0 Å². The average molecular weight is 361 g/mol. The summed E-state index contributed by atoms with van der Waals surface area (Å²) in [7, 11) is 0. The quantitative estimate of drug-likeness (QED) is 0.622. The van der Waals surface area contributed by atoms with Crippen LogP contribution in [0.1, 0.15) is 28.8 Å². The summed E-state index contributed by atoms with van der Waals surface area (Å²) in [5.41, 5.74) is 10.2. The molecule has 1 fully saturated rings. The molecule has 4 heteroatoms. The standard InChI is InChI=1S/C23H24FN3/c24-21-13-11-19(12-14-21)23-20(16-26-27-23)15-25-22(17-7-3-1-4-8-17)18-9-5-2-6-10-18/h1-14,20,22-23,25-27H,15-16H2. The second-order valence-corrected chi connectivity index (χ2v) is 6.98. The predicted octanol–water partition coefficient (Wildman–Crippen LogP) is 3.97. The Morgan fingerprint density at radius 2 is 1.44 bits per heavy atom. The molecule has 0 saturated carbocycles. The Morgan fingerprint density at radius 1 is 0.852 bits per heavy atom. The molecule has 3 aromatic rings. The first kappa shape index (κ1) is 17.9. The zero-order valence-electron chi connectivity index (χ0n) is 15.1. The zero-order valence-corrected chi connectivity index (χ0v) is 15.1. The maximum atomic E-state index is 13.3. The number of hydrazine groups is 1. The Balaban J connectivity index is 1.51. The maximum Gasteiger partial charge on any atom is 0.123 e. The van der Waals surface area contributed by atoms with Gasteiger partial charge in [-0.1, -0.05) is 72.8 Å². The fourth-order valence-corrected chi connectivity index (χ4v) is 3.74. The number of nitrogens with one attached hydrogen (secondary N) is 3. The van der Waals surface area contributed by atoms with Gasteiger partial charge in [0.05, 0.1) is 12.1 Å². The molecular weight excluding hydrogens is 337 g/mol. The molecule has 27 heavy (non-hydrogen) atoms. The maximum absolute atomic E-state index is 13.3. The van der Waals surface area contributed by atoms with Crippen LogP contribution in [0.15, 0.2) is 84.9 Å². The number of benzene rings is 3. The smallest absolute Gasteiger partial charge is 0.123 e. The minimum Gasteiger partial charge on any atom is -0.306 e. The molecule has 2 unspecified atom stereocenters. The Labute approximate surface area is 159 Å². The first-order valence-electron chi connectivity index (χ1n) is 9.38. The van der Waals surface area contributed by atoms with Crippen molar-refractivity contribution in [2.45, 2.75) is 12.1 Å². The van der Waals surface area contributed by atoms with Gasteiger partial charge in [-0.15, -0.1) is 0 Å². The Kier molecular flexibility index (Phi) is 5.58. The molecule has 0 aromatic heterocycles. The second kappa shape index (κ2) is 8.44. The van der Waals surface area contributed by atoms with Crippen LogP contribution in [0.4, 0.5) is 4.39 Å². The van der Waals surface area contributed by atoms with Crippen LogP contribution in [-0.2, 0) is 0 Å². The minimum absolute atomic E-state index is 0.141. The highest BCUT2D eigenvalue weighted by Gasteiger charge is 2.29. The summed E-state index contributed by atoms with van der Waals surface area (Å²) in [6.45, 7) is 1.71. The lowest BCUT2D eigenvalue weighted by atomic mass is 9.93. The van der Waals surface area contributed by atoms with Crippen molar-refractivity contribution in [3.05, 3.63) is 107 Å². The summed E-state index contributed by atoms with van der Waals surface area (Å²) in [6, 6.07) is 28.1. The van der Waals surface area contributed by atoms with E-state index in [0.29, 0.717) is 5.92 Å². The highest BCUT2D eigenvalue weighted by molar-refractivity contribution is 5.31. The second-order valence-electron chi connectivity index (χ2n) is 6.98. The Hall–Kier alpha value is -2.53. The van der Waals surface area contributed by atoms with Crippen LogP contribution in [0, 0.1) is 11.7 Å². The third kappa shape index (κ3) is 4.25. The summed E-state index contributed by atoms with van der Waals surface area (Å²) in [5, 5.41) is 3.75. The van der Waals surface area contributed by atoms with Gasteiger partial charge in [0.2, 0.25) is 0 Å². The Morgan fingerprint density at radius 3 is 2.04 bits per heavy atom. The van der Waals surface area contributed by atoms with E-state index in [9.17, 15) is 4.39 Å². The largest absolute Gasteiger partial charge is 0.306 e. The van der Waals surface area contributed by atoms with Crippen LogP contribution in [0.3, 0.4) is 0 Å². The van der Waals surface area contributed by atoms with E-state index < -0.39 is 0 Å². The van der Waals surface area contributed by atoms with Crippen LogP contribution in [0.5, 0.6) is 0 Å². The van der Waals surface area contributed by atoms with Crippen molar-refractivity contribution in [3.8, 4) is 0 Å². The highest BCUT2D eigenvalue weighted by Crippen LogP contribution is 2.27. The van der Waals surface area contributed by atoms with E-state index in [-0.39, 0.29) is 17.9 Å². The molecule has 0 bridgehead atoms. The Bertz CT molecular complexity index is 797.